The number of carboxylic acid groups (broad SMARTS) is 2. The second-order valence-electron chi connectivity index (χ2n) is 22.1. The van der Waals surface area contributed by atoms with E-state index in [-0.39, 0.29) is 0 Å². The number of ether oxygens (including phenoxy) is 4. The third-order valence-corrected chi connectivity index (χ3v) is 16.5. The number of carbonyl (C=O) groups is 2. The van der Waals surface area contributed by atoms with Gasteiger partial charge in [0.2, 0.25) is 0 Å². The number of hydrogen-bond donors (Lipinski definition) is 2. The number of rotatable bonds is 12. The van der Waals surface area contributed by atoms with Crippen LogP contribution in [-0.2, 0) is 38.3 Å². The fraction of sp³-hybridized carbons (Fsp3) is 0.414. The predicted molar refractivity (Wildman–Crippen MR) is 284 cm³/mol. The summed E-state index contributed by atoms with van der Waals surface area (Å²) >= 11 is 3.23. The van der Waals surface area contributed by atoms with Crippen LogP contribution in [0.2, 0.25) is 0 Å². The van der Waals surface area contributed by atoms with Gasteiger partial charge in [0.15, 0.2) is 12.2 Å². The monoisotopic (exact) mass is 1000 g/mol. The summed E-state index contributed by atoms with van der Waals surface area (Å²) in [5, 5.41) is 26.0. The largest absolute Gasteiger partial charge is 0.493 e. The Bertz CT molecular complexity index is 3520. The van der Waals surface area contributed by atoms with Crippen molar-refractivity contribution in [3.05, 3.63) is 104 Å². The number of hydrogen-bond acceptors (Lipinski definition) is 12. The van der Waals surface area contributed by atoms with Crippen LogP contribution in [0.1, 0.15) is 148 Å². The van der Waals surface area contributed by atoms with Crippen molar-refractivity contribution < 1.29 is 38.7 Å². The van der Waals surface area contributed by atoms with Gasteiger partial charge in [-0.1, -0.05) is 20.3 Å². The van der Waals surface area contributed by atoms with E-state index in [9.17, 15) is 19.8 Å². The van der Waals surface area contributed by atoms with Crippen LogP contribution in [0.15, 0.2) is 54.9 Å². The van der Waals surface area contributed by atoms with Crippen LogP contribution < -0.4 is 9.47 Å². The molecule has 8 aromatic rings. The van der Waals surface area contributed by atoms with Gasteiger partial charge in [-0.25, -0.2) is 19.6 Å². The average Bonchev–Trinajstić information content (AvgIpc) is 3.89. The quantitative estimate of drug-likeness (QED) is 0.119. The molecule has 3 aliphatic rings. The molecule has 1 aliphatic carbocycles. The standard InChI is InChI=1S/C58H60N4O8S2/c1-27(2)24-39-61-35-25-28(3)40(50(55(63)64)69-57(5,6)7)45(52(35)71-39)33-15-17-37-44-32(19-22-60-48(33)44)26-38(68-37)41-29(4)42(51(56(65)66)70-58(8,9)10)46(53-49(41)62-54(72-53)31-12-11-13-31)34-14-16-36-43-30(20-23-67-36)18-21-59-47(34)43/h14-19,21-22,25,27,31,38,50-51H,11-13,20,23-24,26H2,1-10H3,(H,63,64)(H,65,66)/t38?,50-,51-/m0/s1. The molecule has 3 atom stereocenters. The SMILES string of the molecule is Cc1cc2nc(CC(C)C)sc2c(-c2ccc3c4c(ccnc24)CC(c2c(C)c([C@H](OC(C)(C)C)C(=O)O)c(-c4ccc5c6c(ccnc46)CCO5)c4sc(C5CCC5)nc24)O3)c1[C@H](OC(C)(C)C)C(=O)O. The summed E-state index contributed by atoms with van der Waals surface area (Å²) in [5.74, 6) is -0.123. The number of nitrogens with zero attached hydrogens (tertiary/aromatic N) is 4. The summed E-state index contributed by atoms with van der Waals surface area (Å²) in [4.78, 5) is 47.8. The smallest absolute Gasteiger partial charge is 0.337 e. The van der Waals surface area contributed by atoms with E-state index in [0.29, 0.717) is 47.3 Å². The fourth-order valence-corrected chi connectivity index (χ4v) is 13.7. The van der Waals surface area contributed by atoms with Gasteiger partial charge in [0.25, 0.3) is 0 Å². The van der Waals surface area contributed by atoms with E-state index in [1.165, 1.54) is 0 Å². The summed E-state index contributed by atoms with van der Waals surface area (Å²) in [6, 6.07) is 14.0. The molecule has 1 saturated carbocycles. The van der Waals surface area contributed by atoms with Crippen molar-refractivity contribution in [2.75, 3.05) is 6.61 Å². The molecule has 2 N–H and O–H groups in total. The highest BCUT2D eigenvalue weighted by molar-refractivity contribution is 7.19. The molecule has 0 saturated heterocycles. The molecule has 0 spiro atoms. The zero-order valence-electron chi connectivity index (χ0n) is 42.5. The normalized spacial score (nSPS) is 16.8. The number of aliphatic carboxylic acids is 2. The van der Waals surface area contributed by atoms with Crippen molar-refractivity contribution in [1.82, 2.24) is 19.9 Å². The first-order valence-corrected chi connectivity index (χ1v) is 26.7. The topological polar surface area (TPSA) is 163 Å². The lowest BCUT2D eigenvalue weighted by atomic mass is 9.83. The van der Waals surface area contributed by atoms with Crippen molar-refractivity contribution in [3.63, 3.8) is 0 Å². The number of benzene rings is 4. The van der Waals surface area contributed by atoms with Crippen molar-refractivity contribution >= 4 is 76.9 Å². The molecule has 72 heavy (non-hydrogen) atoms. The molecule has 2 aliphatic heterocycles. The summed E-state index contributed by atoms with van der Waals surface area (Å²) in [6.45, 7) is 20.1. The van der Waals surface area contributed by atoms with Gasteiger partial charge in [0.1, 0.15) is 17.6 Å². The van der Waals surface area contributed by atoms with Crippen LogP contribution in [0.3, 0.4) is 0 Å². The summed E-state index contributed by atoms with van der Waals surface area (Å²) in [6.07, 6.45) is 5.62. The van der Waals surface area contributed by atoms with E-state index in [1.807, 2.05) is 110 Å². The van der Waals surface area contributed by atoms with Gasteiger partial charge in [-0.15, -0.1) is 22.7 Å². The Morgan fingerprint density at radius 1 is 0.764 bits per heavy atom. The molecule has 372 valence electrons. The molecule has 6 heterocycles. The number of fused-ring (bicyclic) bond motifs is 2. The number of thiazole rings is 2. The highest BCUT2D eigenvalue weighted by atomic mass is 32.1. The van der Waals surface area contributed by atoms with E-state index in [1.54, 1.807) is 22.7 Å². The highest BCUT2D eigenvalue weighted by Gasteiger charge is 2.40. The number of aromatic nitrogens is 4. The summed E-state index contributed by atoms with van der Waals surface area (Å²) in [5.41, 5.74) is 10.1. The van der Waals surface area contributed by atoms with Crippen LogP contribution >= 0.6 is 22.7 Å². The van der Waals surface area contributed by atoms with Crippen LogP contribution in [0.25, 0.3) is 64.5 Å². The molecule has 12 nitrogen and oxygen atoms in total. The summed E-state index contributed by atoms with van der Waals surface area (Å²) < 4.78 is 28.2. The minimum Gasteiger partial charge on any atom is -0.493 e. The maximum Gasteiger partial charge on any atom is 0.337 e. The first-order chi connectivity index (χ1) is 34.2. The van der Waals surface area contributed by atoms with Crippen LogP contribution in [-0.4, -0.2) is 59.9 Å². The van der Waals surface area contributed by atoms with Gasteiger partial charge in [-0.3, -0.25) is 9.97 Å². The van der Waals surface area contributed by atoms with Crippen LogP contribution in [0.4, 0.5) is 0 Å². The fourth-order valence-electron chi connectivity index (χ4n) is 11.0. The Labute approximate surface area is 426 Å². The van der Waals surface area contributed by atoms with E-state index in [4.69, 9.17) is 38.9 Å². The molecular weight excluding hydrogens is 945 g/mol. The molecule has 4 aromatic carbocycles. The van der Waals surface area contributed by atoms with E-state index >= 15 is 0 Å². The lowest BCUT2D eigenvalue weighted by Crippen LogP contribution is -2.29. The molecule has 11 rings (SSSR count). The molecule has 0 bridgehead atoms. The number of pyridine rings is 2. The average molecular weight is 1010 g/mol. The third-order valence-electron chi connectivity index (χ3n) is 14.2. The van der Waals surface area contributed by atoms with Crippen molar-refractivity contribution in [1.29, 1.82) is 0 Å². The molecule has 1 unspecified atom stereocenters. The van der Waals surface area contributed by atoms with Gasteiger partial charge in [0.05, 0.1) is 59.3 Å². The van der Waals surface area contributed by atoms with Crippen molar-refractivity contribution in [2.24, 2.45) is 5.92 Å². The molecule has 1 fully saturated rings. The minimum absolute atomic E-state index is 0.301. The Morgan fingerprint density at radius 3 is 1.99 bits per heavy atom. The highest BCUT2D eigenvalue weighted by Crippen LogP contribution is 2.54. The molecule has 4 aromatic heterocycles. The maximum absolute atomic E-state index is 13.8. The predicted octanol–water partition coefficient (Wildman–Crippen LogP) is 13.9. The Kier molecular flexibility index (Phi) is 12.0. The number of carboxylic acids is 2. The zero-order valence-corrected chi connectivity index (χ0v) is 44.1. The van der Waals surface area contributed by atoms with Crippen LogP contribution in [0.5, 0.6) is 11.5 Å². The lowest BCUT2D eigenvalue weighted by Gasteiger charge is -2.32. The molecule has 0 amide bonds. The van der Waals surface area contributed by atoms with Gasteiger partial charge in [0, 0.05) is 87.3 Å². The number of aryl methyl sites for hydroxylation is 1. The van der Waals surface area contributed by atoms with Crippen molar-refractivity contribution in [3.8, 4) is 33.8 Å². The minimum atomic E-state index is -1.35. The Balaban J connectivity index is 1.14. The Hall–Kier alpha value is -6.06. The van der Waals surface area contributed by atoms with Gasteiger partial charge >= 0.3 is 11.9 Å². The van der Waals surface area contributed by atoms with Crippen molar-refractivity contribution in [2.45, 2.75) is 143 Å². The first kappa shape index (κ1) is 48.2. The van der Waals surface area contributed by atoms with Gasteiger partial charge in [-0.05, 0) is 139 Å². The molecular formula is C58H60N4O8S2. The summed E-state index contributed by atoms with van der Waals surface area (Å²) in [7, 11) is 0. The first-order valence-electron chi connectivity index (χ1n) is 25.1. The zero-order chi connectivity index (χ0) is 50.7. The third kappa shape index (κ3) is 8.37. The molecule has 0 radical (unpaired) electrons. The van der Waals surface area contributed by atoms with Gasteiger partial charge in [-0.2, -0.15) is 0 Å². The molecule has 14 heteroatoms. The maximum atomic E-state index is 13.8. The van der Waals surface area contributed by atoms with E-state index < -0.39 is 41.5 Å². The lowest BCUT2D eigenvalue weighted by molar-refractivity contribution is -0.161. The second kappa shape index (κ2) is 17.9. The van der Waals surface area contributed by atoms with Gasteiger partial charge < -0.3 is 29.2 Å². The second-order valence-corrected chi connectivity index (χ2v) is 24.3. The van der Waals surface area contributed by atoms with E-state index in [2.05, 4.69) is 13.8 Å². The Morgan fingerprint density at radius 2 is 1.38 bits per heavy atom. The van der Waals surface area contributed by atoms with Crippen LogP contribution in [0, 0.1) is 19.8 Å². The van der Waals surface area contributed by atoms with E-state index in [0.717, 1.165) is 135 Å².